The summed E-state index contributed by atoms with van der Waals surface area (Å²) in [5.41, 5.74) is 1.61. The Hall–Kier alpha value is -2.40. The molecule has 1 N–H and O–H groups in total. The lowest BCUT2D eigenvalue weighted by atomic mass is 10.1. The normalized spacial score (nSPS) is 12.0. The summed E-state index contributed by atoms with van der Waals surface area (Å²) in [6, 6.07) is 11.6. The molecule has 2 aromatic carbocycles. The molecule has 0 amide bonds. The molecule has 0 bridgehead atoms. The van der Waals surface area contributed by atoms with Crippen LogP contribution < -0.4 is 4.74 Å². The van der Waals surface area contributed by atoms with Gasteiger partial charge in [0.25, 0.3) is 0 Å². The average Bonchev–Trinajstić information content (AvgIpc) is 2.47. The van der Waals surface area contributed by atoms with Gasteiger partial charge in [-0.25, -0.2) is 0 Å². The van der Waals surface area contributed by atoms with E-state index >= 15 is 0 Å². The van der Waals surface area contributed by atoms with Crippen molar-refractivity contribution in [3.05, 3.63) is 63.7 Å². The van der Waals surface area contributed by atoms with Crippen LogP contribution in [-0.4, -0.2) is 10.0 Å². The third-order valence-corrected chi connectivity index (χ3v) is 3.19. The third kappa shape index (κ3) is 3.58. The Bertz CT molecular complexity index is 637. The van der Waals surface area contributed by atoms with Gasteiger partial charge in [0.2, 0.25) is 5.75 Å². The van der Waals surface area contributed by atoms with Crippen LogP contribution in [0.15, 0.2) is 42.5 Å². The molecule has 1 atom stereocenters. The van der Waals surface area contributed by atoms with Gasteiger partial charge in [-0.3, -0.25) is 10.1 Å². The summed E-state index contributed by atoms with van der Waals surface area (Å²) < 4.78 is 5.60. The zero-order valence-electron chi connectivity index (χ0n) is 11.9. The Balaban J connectivity index is 2.26. The van der Waals surface area contributed by atoms with Crippen molar-refractivity contribution in [3.63, 3.8) is 0 Å². The van der Waals surface area contributed by atoms with Crippen LogP contribution in [0.25, 0.3) is 0 Å². The standard InChI is InChI=1S/C16H17NO4/c1-3-15(18)12-5-7-13(8-6-12)21-16-10-11(2)4-9-14(16)17(19)20/h4-10,15,18H,3H2,1-2H3. The number of hydrogen-bond donors (Lipinski definition) is 1. The molecule has 0 aliphatic carbocycles. The molecule has 21 heavy (non-hydrogen) atoms. The van der Waals surface area contributed by atoms with E-state index in [1.807, 2.05) is 13.8 Å². The zero-order chi connectivity index (χ0) is 15.4. The number of nitro benzene ring substituents is 1. The fraction of sp³-hybridized carbons (Fsp3) is 0.250. The molecular weight excluding hydrogens is 270 g/mol. The Morgan fingerprint density at radius 3 is 2.48 bits per heavy atom. The Morgan fingerprint density at radius 2 is 1.90 bits per heavy atom. The summed E-state index contributed by atoms with van der Waals surface area (Å²) in [4.78, 5) is 10.5. The van der Waals surface area contributed by atoms with Crippen LogP contribution in [0.4, 0.5) is 5.69 Å². The smallest absolute Gasteiger partial charge is 0.311 e. The van der Waals surface area contributed by atoms with Gasteiger partial charge in [-0.15, -0.1) is 0 Å². The summed E-state index contributed by atoms with van der Waals surface area (Å²) in [5.74, 6) is 0.708. The monoisotopic (exact) mass is 287 g/mol. The van der Waals surface area contributed by atoms with E-state index in [9.17, 15) is 15.2 Å². The van der Waals surface area contributed by atoms with E-state index in [-0.39, 0.29) is 11.4 Å². The molecule has 1 unspecified atom stereocenters. The van der Waals surface area contributed by atoms with Crippen LogP contribution in [0.2, 0.25) is 0 Å². The van der Waals surface area contributed by atoms with E-state index < -0.39 is 11.0 Å². The molecule has 0 saturated carbocycles. The maximum absolute atomic E-state index is 11.0. The topological polar surface area (TPSA) is 72.6 Å². The van der Waals surface area contributed by atoms with E-state index in [0.29, 0.717) is 12.2 Å². The SMILES string of the molecule is CCC(O)c1ccc(Oc2cc(C)ccc2[N+](=O)[O-])cc1. The molecule has 0 spiro atoms. The van der Waals surface area contributed by atoms with Gasteiger partial charge in [-0.1, -0.05) is 25.1 Å². The van der Waals surface area contributed by atoms with E-state index in [2.05, 4.69) is 0 Å². The van der Waals surface area contributed by atoms with Gasteiger partial charge in [0.1, 0.15) is 5.75 Å². The highest BCUT2D eigenvalue weighted by atomic mass is 16.6. The highest BCUT2D eigenvalue weighted by Gasteiger charge is 2.15. The molecule has 0 aliphatic rings. The van der Waals surface area contributed by atoms with Crippen LogP contribution in [-0.2, 0) is 0 Å². The average molecular weight is 287 g/mol. The first-order valence-corrected chi connectivity index (χ1v) is 6.72. The second-order valence-corrected chi connectivity index (χ2v) is 4.82. The first-order valence-electron chi connectivity index (χ1n) is 6.72. The Kier molecular flexibility index (Phi) is 4.55. The number of ether oxygens (including phenoxy) is 1. The molecule has 5 nitrogen and oxygen atoms in total. The number of rotatable bonds is 5. The molecule has 110 valence electrons. The number of benzene rings is 2. The van der Waals surface area contributed by atoms with Crippen molar-refractivity contribution in [3.8, 4) is 11.5 Å². The molecule has 0 fully saturated rings. The van der Waals surface area contributed by atoms with Gasteiger partial charge in [-0.2, -0.15) is 0 Å². The quantitative estimate of drug-likeness (QED) is 0.662. The molecule has 0 aliphatic heterocycles. The number of aliphatic hydroxyl groups excluding tert-OH is 1. The minimum Gasteiger partial charge on any atom is -0.450 e. The van der Waals surface area contributed by atoms with Crippen molar-refractivity contribution in [2.75, 3.05) is 0 Å². The molecule has 2 rings (SSSR count). The molecule has 0 radical (unpaired) electrons. The van der Waals surface area contributed by atoms with E-state index in [1.165, 1.54) is 6.07 Å². The Labute approximate surface area is 123 Å². The highest BCUT2D eigenvalue weighted by molar-refractivity contribution is 5.50. The molecule has 0 saturated heterocycles. The summed E-state index contributed by atoms with van der Waals surface area (Å²) in [6.45, 7) is 3.74. The lowest BCUT2D eigenvalue weighted by molar-refractivity contribution is -0.385. The number of aryl methyl sites for hydroxylation is 1. The fourth-order valence-corrected chi connectivity index (χ4v) is 1.97. The van der Waals surface area contributed by atoms with Gasteiger partial charge in [0.15, 0.2) is 0 Å². The second kappa shape index (κ2) is 6.37. The second-order valence-electron chi connectivity index (χ2n) is 4.82. The maximum Gasteiger partial charge on any atom is 0.311 e. The first-order chi connectivity index (χ1) is 10.0. The van der Waals surface area contributed by atoms with Crippen molar-refractivity contribution in [2.24, 2.45) is 0 Å². The largest absolute Gasteiger partial charge is 0.450 e. The van der Waals surface area contributed by atoms with Crippen LogP contribution in [0.1, 0.15) is 30.6 Å². The molecule has 0 heterocycles. The van der Waals surface area contributed by atoms with Gasteiger partial charge < -0.3 is 9.84 Å². The van der Waals surface area contributed by atoms with Crippen molar-refractivity contribution in [1.82, 2.24) is 0 Å². The van der Waals surface area contributed by atoms with Crippen LogP contribution in [0.3, 0.4) is 0 Å². The lowest BCUT2D eigenvalue weighted by Gasteiger charge is -2.10. The van der Waals surface area contributed by atoms with Crippen LogP contribution in [0, 0.1) is 17.0 Å². The number of nitrogens with zero attached hydrogens (tertiary/aromatic N) is 1. The lowest BCUT2D eigenvalue weighted by Crippen LogP contribution is -1.96. The molecule has 2 aromatic rings. The Morgan fingerprint density at radius 1 is 1.24 bits per heavy atom. The predicted octanol–water partition coefficient (Wildman–Crippen LogP) is 4.14. The van der Waals surface area contributed by atoms with Crippen molar-refractivity contribution in [1.29, 1.82) is 0 Å². The van der Waals surface area contributed by atoms with Gasteiger partial charge >= 0.3 is 5.69 Å². The van der Waals surface area contributed by atoms with E-state index in [0.717, 1.165) is 11.1 Å². The third-order valence-electron chi connectivity index (χ3n) is 3.19. The fourth-order valence-electron chi connectivity index (χ4n) is 1.97. The number of nitro groups is 1. The zero-order valence-corrected chi connectivity index (χ0v) is 11.9. The van der Waals surface area contributed by atoms with Crippen molar-refractivity contribution < 1.29 is 14.8 Å². The van der Waals surface area contributed by atoms with Crippen molar-refractivity contribution >= 4 is 5.69 Å². The summed E-state index contributed by atoms with van der Waals surface area (Å²) >= 11 is 0. The van der Waals surface area contributed by atoms with Crippen molar-refractivity contribution in [2.45, 2.75) is 26.4 Å². The highest BCUT2D eigenvalue weighted by Crippen LogP contribution is 2.32. The molecule has 0 aromatic heterocycles. The first kappa shape index (κ1) is 15.0. The minimum atomic E-state index is -0.507. The van der Waals surface area contributed by atoms with Gasteiger partial charge in [0.05, 0.1) is 11.0 Å². The number of aliphatic hydroxyl groups is 1. The van der Waals surface area contributed by atoms with Crippen LogP contribution >= 0.6 is 0 Å². The summed E-state index contributed by atoms with van der Waals surface area (Å²) in [7, 11) is 0. The van der Waals surface area contributed by atoms with E-state index in [4.69, 9.17) is 4.74 Å². The van der Waals surface area contributed by atoms with E-state index in [1.54, 1.807) is 36.4 Å². The predicted molar refractivity (Wildman–Crippen MR) is 79.6 cm³/mol. The summed E-state index contributed by atoms with van der Waals surface area (Å²) in [6.07, 6.45) is 0.121. The molecule has 5 heteroatoms. The van der Waals surface area contributed by atoms with Gasteiger partial charge in [0, 0.05) is 6.07 Å². The van der Waals surface area contributed by atoms with Crippen LogP contribution in [0.5, 0.6) is 11.5 Å². The number of hydrogen-bond acceptors (Lipinski definition) is 4. The van der Waals surface area contributed by atoms with Gasteiger partial charge in [-0.05, 0) is 42.7 Å². The summed E-state index contributed by atoms with van der Waals surface area (Å²) in [5, 5.41) is 20.7. The minimum absolute atomic E-state index is 0.0710. The molecular formula is C16H17NO4. The maximum atomic E-state index is 11.0.